The number of hydrogen-bond donors (Lipinski definition) is 0. The number of carbonyl (C=O) groups excluding carboxylic acids is 4. The molecule has 6 rings (SSSR count). The number of rotatable bonds is 44. The van der Waals surface area contributed by atoms with Crippen molar-refractivity contribution in [1.29, 1.82) is 0 Å². The van der Waals surface area contributed by atoms with Crippen LogP contribution in [0.4, 0.5) is 65.9 Å². The van der Waals surface area contributed by atoms with Crippen molar-refractivity contribution in [2.45, 2.75) is 132 Å². The molecule has 1 unspecified atom stereocenters. The predicted molar refractivity (Wildman–Crippen MR) is 407 cm³/mol. The van der Waals surface area contributed by atoms with Crippen molar-refractivity contribution >= 4 is 59.1 Å². The molecular weight excluding hydrogens is 1670 g/mol. The standard InChI is InChI=1S/C79H89F15O20Si4/c1-52(2)68(95)105-44-16-48-115(99-10,100-11)109-62-32-20-56(21-33-62)72(9,75(80,81)82)57-22-34-65(35-23-57)112-118(51-19-47-108-71(98)55(7)8,113-66-40-28-60(29-41-66)73(76(83,84)85,77(86,87)88)58-24-36-63(37-25-58)110-116(101-12,102-13)49-17-45-106-69(96)53(3)4)114-67-42-30-61(31-43-67)74(78(89,90)91,79(92,93)94)59-26-38-64(39-27-59)111-117(103-14,104-15)50-18-46-107-70(97)54(5)6/h20-43H,1,3,5,7,16-19,44-51H2,2,4,6,8-15H3. The molecule has 0 radical (unpaired) electrons. The number of alkyl halides is 15. The highest BCUT2D eigenvalue weighted by Gasteiger charge is 2.74. The summed E-state index contributed by atoms with van der Waals surface area (Å²) in [6, 6.07) is 16.7. The van der Waals surface area contributed by atoms with Crippen LogP contribution in [0.25, 0.3) is 0 Å². The Morgan fingerprint density at radius 2 is 0.432 bits per heavy atom. The van der Waals surface area contributed by atoms with Crippen LogP contribution in [0.2, 0.25) is 24.2 Å². The first-order valence-electron chi connectivity index (χ1n) is 35.8. The van der Waals surface area contributed by atoms with Crippen LogP contribution in [-0.2, 0) is 80.9 Å². The monoisotopic (exact) mass is 1750 g/mol. The van der Waals surface area contributed by atoms with Gasteiger partial charge in [0.15, 0.2) is 0 Å². The van der Waals surface area contributed by atoms with Crippen LogP contribution in [0.1, 0.15) is 93.7 Å². The predicted octanol–water partition coefficient (Wildman–Crippen LogP) is 18.7. The van der Waals surface area contributed by atoms with Crippen LogP contribution in [-0.4, -0.2) is 159 Å². The highest BCUT2D eigenvalue weighted by atomic mass is 28.4. The molecule has 118 heavy (non-hydrogen) atoms. The third-order valence-electron chi connectivity index (χ3n) is 18.6. The Hall–Kier alpha value is -9.46. The topological polar surface area (TPSA) is 216 Å². The van der Waals surface area contributed by atoms with E-state index in [1.54, 1.807) is 0 Å². The minimum atomic E-state index is -6.24. The molecular formula is C79H89F15O20Si4. The fourth-order valence-electron chi connectivity index (χ4n) is 12.1. The fourth-order valence-corrected chi connectivity index (χ4v) is 20.4. The van der Waals surface area contributed by atoms with Gasteiger partial charge in [-0.05, 0) is 166 Å². The summed E-state index contributed by atoms with van der Waals surface area (Å²) in [6.07, 6.45) is -30.3. The lowest BCUT2D eigenvalue weighted by atomic mass is 9.73. The van der Waals surface area contributed by atoms with E-state index < -0.39 is 170 Å². The summed E-state index contributed by atoms with van der Waals surface area (Å²) in [5, 5.41) is 0. The SMILES string of the molecule is C=C(C)C(=O)OCCC[Si](OC)(OC)Oc1ccc(C(C)(c2ccc(O[Si](CCCOC(=O)C(=C)C)(Oc3ccc(C(c4ccc(O[Si](CCCOC(=O)C(=C)C)(OC)OC)cc4)(C(F)(F)F)C(F)(F)F)cc3)Oc3ccc(C(c4ccc(O[Si](CCCOC(=O)C(=C)C)(OC)OC)cc4)(C(F)(F)F)C(F)(F)F)cc3)cc2)C(F)(F)F)cc1. The van der Waals surface area contributed by atoms with Gasteiger partial charge in [-0.3, -0.25) is 0 Å². The van der Waals surface area contributed by atoms with E-state index >= 15 is 65.9 Å². The van der Waals surface area contributed by atoms with Crippen LogP contribution < -0.4 is 26.6 Å². The number of ether oxygens (including phenoxy) is 4. The van der Waals surface area contributed by atoms with Gasteiger partial charge in [-0.2, -0.15) is 65.9 Å². The van der Waals surface area contributed by atoms with Crippen LogP contribution in [0.3, 0.4) is 0 Å². The number of halogens is 15. The second-order valence-electron chi connectivity index (χ2n) is 26.9. The van der Waals surface area contributed by atoms with E-state index in [2.05, 4.69) is 26.3 Å². The van der Waals surface area contributed by atoms with Gasteiger partial charge >= 0.3 is 90.0 Å². The minimum absolute atomic E-state index is 0.00343. The summed E-state index contributed by atoms with van der Waals surface area (Å²) in [5.74, 6) is -5.57. The van der Waals surface area contributed by atoms with Crippen molar-refractivity contribution in [3.8, 4) is 34.5 Å². The molecule has 1 atom stereocenters. The first kappa shape index (κ1) is 97.4. The maximum atomic E-state index is 15.9. The van der Waals surface area contributed by atoms with Gasteiger partial charge in [-0.15, -0.1) is 0 Å². The lowest BCUT2D eigenvalue weighted by Crippen LogP contribution is -2.55. The summed E-state index contributed by atoms with van der Waals surface area (Å²) in [6.45, 7) is 19.3. The van der Waals surface area contributed by atoms with Crippen LogP contribution in [0, 0.1) is 0 Å². The molecule has 0 aliphatic carbocycles. The summed E-state index contributed by atoms with van der Waals surface area (Å²) in [5.41, 5.74) is -19.2. The largest absolute Gasteiger partial charge is 0.699 e. The molecule has 0 aliphatic heterocycles. The van der Waals surface area contributed by atoms with Gasteiger partial charge in [-0.25, -0.2) is 19.2 Å². The normalized spacial score (nSPS) is 13.3. The fraction of sp³-hybridized carbons (Fsp3) is 0.392. The van der Waals surface area contributed by atoms with Crippen LogP contribution >= 0.6 is 0 Å². The van der Waals surface area contributed by atoms with Gasteiger partial charge in [0, 0.05) is 83.1 Å². The Bertz CT molecular complexity index is 4180. The van der Waals surface area contributed by atoms with Crippen molar-refractivity contribution in [3.63, 3.8) is 0 Å². The second kappa shape index (κ2) is 40.1. The zero-order valence-electron chi connectivity index (χ0n) is 66.0. The Morgan fingerprint density at radius 1 is 0.271 bits per heavy atom. The average molecular weight is 1760 g/mol. The summed E-state index contributed by atoms with van der Waals surface area (Å²) in [7, 11) is -9.42. The quantitative estimate of drug-likeness (QED) is 0.00867. The summed E-state index contributed by atoms with van der Waals surface area (Å²) >= 11 is 0. The molecule has 0 spiro atoms. The molecule has 0 bridgehead atoms. The van der Waals surface area contributed by atoms with Gasteiger partial charge in [0.25, 0.3) is 0 Å². The van der Waals surface area contributed by atoms with Crippen molar-refractivity contribution < 1.29 is 157 Å². The number of hydrogen-bond acceptors (Lipinski definition) is 20. The zero-order valence-corrected chi connectivity index (χ0v) is 70.0. The Morgan fingerprint density at radius 3 is 0.585 bits per heavy atom. The van der Waals surface area contributed by atoms with Crippen molar-refractivity contribution in [2.75, 3.05) is 69.1 Å². The zero-order chi connectivity index (χ0) is 88.3. The molecule has 0 saturated carbocycles. The van der Waals surface area contributed by atoms with Gasteiger partial charge in [0.1, 0.15) is 39.9 Å². The van der Waals surface area contributed by atoms with Crippen molar-refractivity contribution in [3.05, 3.63) is 228 Å². The Labute approximate surface area is 676 Å². The van der Waals surface area contributed by atoms with Gasteiger partial charge in [0.2, 0.25) is 10.8 Å². The molecule has 39 heteroatoms. The van der Waals surface area contributed by atoms with Gasteiger partial charge < -0.3 is 72.1 Å². The van der Waals surface area contributed by atoms with Crippen LogP contribution in [0.5, 0.6) is 34.5 Å². The first-order valence-corrected chi connectivity index (χ1v) is 43.5. The van der Waals surface area contributed by atoms with E-state index in [-0.39, 0.29) is 102 Å². The van der Waals surface area contributed by atoms with E-state index in [1.807, 2.05) is 0 Å². The third kappa shape index (κ3) is 22.9. The highest BCUT2D eigenvalue weighted by Crippen LogP contribution is 2.59. The summed E-state index contributed by atoms with van der Waals surface area (Å²) in [4.78, 5) is 48.7. The maximum Gasteiger partial charge on any atom is 0.699 e. The highest BCUT2D eigenvalue weighted by molar-refractivity contribution is 6.63. The lowest BCUT2D eigenvalue weighted by Gasteiger charge is -2.39. The van der Waals surface area contributed by atoms with Gasteiger partial charge in [0.05, 0.1) is 32.5 Å². The minimum Gasteiger partial charge on any atom is -0.501 e. The molecule has 0 aromatic heterocycles. The number of benzene rings is 6. The van der Waals surface area contributed by atoms with Crippen molar-refractivity contribution in [1.82, 2.24) is 0 Å². The summed E-state index contributed by atoms with van der Waals surface area (Å²) < 4.78 is 330. The third-order valence-corrected chi connectivity index (χ3v) is 29.5. The Kier molecular flexibility index (Phi) is 33.1. The molecule has 646 valence electrons. The maximum absolute atomic E-state index is 15.9. The van der Waals surface area contributed by atoms with Gasteiger partial charge in [-0.1, -0.05) is 99.1 Å². The molecule has 0 fully saturated rings. The van der Waals surface area contributed by atoms with E-state index in [0.717, 1.165) is 67.6 Å². The smallest absolute Gasteiger partial charge is 0.501 e. The molecule has 20 nitrogen and oxygen atoms in total. The Balaban J connectivity index is 1.51. The lowest BCUT2D eigenvalue weighted by molar-refractivity contribution is -0.290. The molecule has 6 aromatic carbocycles. The molecule has 0 N–H and O–H groups in total. The number of carbonyl (C=O) groups is 4. The van der Waals surface area contributed by atoms with Crippen LogP contribution in [0.15, 0.2) is 194 Å². The first-order chi connectivity index (χ1) is 55.0. The van der Waals surface area contributed by atoms with Crippen molar-refractivity contribution in [2.24, 2.45) is 0 Å². The van der Waals surface area contributed by atoms with E-state index in [9.17, 15) is 19.2 Å². The average Bonchev–Trinajstić information content (AvgIpc) is 0.720. The molecule has 6 aromatic rings. The molecule has 0 heterocycles. The number of esters is 4. The van der Waals surface area contributed by atoms with E-state index in [0.29, 0.717) is 72.8 Å². The second-order valence-corrected chi connectivity index (χ2v) is 38.0. The molecule has 0 amide bonds. The molecule has 0 saturated heterocycles. The van der Waals surface area contributed by atoms with E-state index in [1.165, 1.54) is 82.5 Å². The molecule has 0 aliphatic rings. The van der Waals surface area contributed by atoms with E-state index in [4.69, 9.17) is 72.1 Å².